The maximum atomic E-state index is 6.57. The van der Waals surface area contributed by atoms with Gasteiger partial charge in [-0.15, -0.1) is 11.3 Å². The van der Waals surface area contributed by atoms with Crippen molar-refractivity contribution in [3.8, 4) is 0 Å². The number of hydrogen-bond acceptors (Lipinski definition) is 3. The molecule has 1 saturated carbocycles. The molecule has 0 radical (unpaired) electrons. The van der Waals surface area contributed by atoms with E-state index in [9.17, 15) is 0 Å². The minimum atomic E-state index is 0.602. The van der Waals surface area contributed by atoms with Crippen LogP contribution in [0.4, 0.5) is 0 Å². The van der Waals surface area contributed by atoms with Gasteiger partial charge >= 0.3 is 0 Å². The average molecular weight is 323 g/mol. The van der Waals surface area contributed by atoms with Crippen molar-refractivity contribution in [1.82, 2.24) is 4.90 Å². The molecule has 1 aromatic heterocycles. The normalized spacial score (nSPS) is 23.0. The molecule has 1 heterocycles. The largest absolute Gasteiger partial charge is 0.330 e. The molecule has 1 aliphatic carbocycles. The van der Waals surface area contributed by atoms with E-state index in [1.165, 1.54) is 40.6 Å². The van der Waals surface area contributed by atoms with Crippen molar-refractivity contribution in [2.75, 3.05) is 13.6 Å². The molecule has 114 valence electrons. The van der Waals surface area contributed by atoms with Crippen molar-refractivity contribution in [2.24, 2.45) is 11.7 Å². The van der Waals surface area contributed by atoms with E-state index in [1.54, 1.807) is 0 Å². The molecule has 1 fully saturated rings. The van der Waals surface area contributed by atoms with Crippen LogP contribution in [0.3, 0.4) is 0 Å². The summed E-state index contributed by atoms with van der Waals surface area (Å²) in [6.07, 6.45) is 5.19. The minimum absolute atomic E-state index is 0.602. The Morgan fingerprint density at radius 1 is 1.29 bits per heavy atom. The van der Waals surface area contributed by atoms with Gasteiger partial charge in [0.2, 0.25) is 0 Å². The molecular weight excluding hydrogens is 300 g/mol. The fraction of sp³-hybridized carbons (Fsp3) is 0.529. The molecule has 0 amide bonds. The maximum absolute atomic E-state index is 6.57. The molecular formula is C17H23ClN2S. The van der Waals surface area contributed by atoms with E-state index in [0.29, 0.717) is 12.0 Å². The number of nitrogens with two attached hydrogens (primary N) is 1. The van der Waals surface area contributed by atoms with Crippen LogP contribution in [0.25, 0.3) is 10.1 Å². The first-order valence-electron chi connectivity index (χ1n) is 7.77. The van der Waals surface area contributed by atoms with Crippen LogP contribution in [0.5, 0.6) is 0 Å². The van der Waals surface area contributed by atoms with Crippen molar-refractivity contribution in [2.45, 2.75) is 38.3 Å². The number of nitrogens with zero attached hydrogens (tertiary/aromatic N) is 1. The molecule has 2 aromatic rings. The van der Waals surface area contributed by atoms with Crippen LogP contribution in [0.2, 0.25) is 5.02 Å². The number of fused-ring (bicyclic) bond motifs is 1. The van der Waals surface area contributed by atoms with Gasteiger partial charge in [0.25, 0.3) is 0 Å². The number of hydrogen-bond donors (Lipinski definition) is 1. The summed E-state index contributed by atoms with van der Waals surface area (Å²) < 4.78 is 1.28. The Hall–Kier alpha value is -0.610. The molecule has 1 aliphatic rings. The quantitative estimate of drug-likeness (QED) is 0.897. The zero-order chi connectivity index (χ0) is 14.8. The second-order valence-electron chi connectivity index (χ2n) is 6.10. The van der Waals surface area contributed by atoms with Crippen molar-refractivity contribution < 1.29 is 0 Å². The van der Waals surface area contributed by atoms with Gasteiger partial charge in [0.1, 0.15) is 0 Å². The van der Waals surface area contributed by atoms with Gasteiger partial charge in [0, 0.05) is 27.5 Å². The van der Waals surface area contributed by atoms with E-state index < -0.39 is 0 Å². The van der Waals surface area contributed by atoms with Crippen LogP contribution in [-0.2, 0) is 6.54 Å². The van der Waals surface area contributed by atoms with Gasteiger partial charge < -0.3 is 5.73 Å². The summed E-state index contributed by atoms with van der Waals surface area (Å²) in [6, 6.07) is 9.00. The highest BCUT2D eigenvalue weighted by molar-refractivity contribution is 7.19. The van der Waals surface area contributed by atoms with Crippen molar-refractivity contribution in [1.29, 1.82) is 0 Å². The molecule has 4 heteroatoms. The molecule has 2 nitrogen and oxygen atoms in total. The molecule has 2 N–H and O–H groups in total. The van der Waals surface area contributed by atoms with Crippen LogP contribution in [0.15, 0.2) is 24.3 Å². The van der Waals surface area contributed by atoms with Crippen molar-refractivity contribution >= 4 is 33.0 Å². The highest BCUT2D eigenvalue weighted by Gasteiger charge is 2.28. The summed E-state index contributed by atoms with van der Waals surface area (Å²) in [4.78, 5) is 3.74. The summed E-state index contributed by atoms with van der Waals surface area (Å²) in [7, 11) is 2.22. The van der Waals surface area contributed by atoms with E-state index in [0.717, 1.165) is 18.1 Å². The summed E-state index contributed by atoms with van der Waals surface area (Å²) in [6.45, 7) is 1.73. The third-order valence-electron chi connectivity index (χ3n) is 4.73. The van der Waals surface area contributed by atoms with Gasteiger partial charge in [-0.25, -0.2) is 0 Å². The topological polar surface area (TPSA) is 29.3 Å². The van der Waals surface area contributed by atoms with Gasteiger partial charge in [0.05, 0.1) is 5.02 Å². The predicted octanol–water partition coefficient (Wildman–Crippen LogP) is 4.50. The molecule has 0 saturated heterocycles. The highest BCUT2D eigenvalue weighted by Crippen LogP contribution is 2.37. The Morgan fingerprint density at radius 3 is 2.81 bits per heavy atom. The van der Waals surface area contributed by atoms with Crippen LogP contribution in [0, 0.1) is 5.92 Å². The summed E-state index contributed by atoms with van der Waals surface area (Å²) in [5.74, 6) is 0.636. The smallest absolute Gasteiger partial charge is 0.0637 e. The number of rotatable bonds is 4. The van der Waals surface area contributed by atoms with E-state index in [4.69, 9.17) is 17.3 Å². The predicted molar refractivity (Wildman–Crippen MR) is 93.1 cm³/mol. The Kier molecular flexibility index (Phi) is 4.85. The highest BCUT2D eigenvalue weighted by atomic mass is 35.5. The Bertz CT molecular complexity index is 610. The third kappa shape index (κ3) is 3.11. The lowest BCUT2D eigenvalue weighted by Crippen LogP contribution is -2.42. The van der Waals surface area contributed by atoms with Crippen molar-refractivity contribution in [3.05, 3.63) is 34.2 Å². The molecule has 0 spiro atoms. The monoisotopic (exact) mass is 322 g/mol. The first-order valence-corrected chi connectivity index (χ1v) is 8.96. The van der Waals surface area contributed by atoms with Gasteiger partial charge in [-0.3, -0.25) is 4.90 Å². The Labute approximate surface area is 135 Å². The molecule has 0 bridgehead atoms. The van der Waals surface area contributed by atoms with Crippen LogP contribution < -0.4 is 5.73 Å². The van der Waals surface area contributed by atoms with Crippen LogP contribution in [0.1, 0.15) is 30.6 Å². The van der Waals surface area contributed by atoms with E-state index in [2.05, 4.69) is 36.2 Å². The zero-order valence-electron chi connectivity index (χ0n) is 12.5. The van der Waals surface area contributed by atoms with Gasteiger partial charge in [-0.05, 0) is 38.4 Å². The molecule has 1 aromatic carbocycles. The summed E-state index contributed by atoms with van der Waals surface area (Å²) in [5.41, 5.74) is 5.97. The lowest BCUT2D eigenvalue weighted by atomic mass is 9.84. The average Bonchev–Trinajstić information content (AvgIpc) is 2.84. The first-order chi connectivity index (χ1) is 10.2. The number of halogens is 1. The maximum Gasteiger partial charge on any atom is 0.0637 e. The molecule has 21 heavy (non-hydrogen) atoms. The minimum Gasteiger partial charge on any atom is -0.330 e. The second kappa shape index (κ2) is 6.66. The van der Waals surface area contributed by atoms with Gasteiger partial charge in [0.15, 0.2) is 0 Å². The standard InChI is InChI=1S/C17H23ClN2S/c1-20(14-8-4-2-6-12(14)10-19)11-16-17(18)13-7-3-5-9-15(13)21-16/h3,5,7,9,12,14H,2,4,6,8,10-11,19H2,1H3. The fourth-order valence-electron chi connectivity index (χ4n) is 3.55. The lowest BCUT2D eigenvalue weighted by Gasteiger charge is -2.37. The van der Waals surface area contributed by atoms with Crippen LogP contribution in [-0.4, -0.2) is 24.5 Å². The first kappa shape index (κ1) is 15.3. The fourth-order valence-corrected chi connectivity index (χ4v) is 5.11. The van der Waals surface area contributed by atoms with Gasteiger partial charge in [-0.2, -0.15) is 0 Å². The molecule has 2 atom stereocenters. The number of thiophene rings is 1. The van der Waals surface area contributed by atoms with Crippen molar-refractivity contribution in [3.63, 3.8) is 0 Å². The lowest BCUT2D eigenvalue weighted by molar-refractivity contribution is 0.128. The van der Waals surface area contributed by atoms with E-state index >= 15 is 0 Å². The van der Waals surface area contributed by atoms with Crippen LogP contribution >= 0.6 is 22.9 Å². The van der Waals surface area contributed by atoms with E-state index in [1.807, 2.05) is 11.3 Å². The Balaban J connectivity index is 1.79. The zero-order valence-corrected chi connectivity index (χ0v) is 14.1. The Morgan fingerprint density at radius 2 is 2.05 bits per heavy atom. The number of benzene rings is 1. The molecule has 2 unspecified atom stereocenters. The van der Waals surface area contributed by atoms with E-state index in [-0.39, 0.29) is 0 Å². The van der Waals surface area contributed by atoms with Gasteiger partial charge in [-0.1, -0.05) is 42.6 Å². The summed E-state index contributed by atoms with van der Waals surface area (Å²) >= 11 is 8.39. The third-order valence-corrected chi connectivity index (χ3v) is 6.43. The SMILES string of the molecule is CN(Cc1sc2ccccc2c1Cl)C1CCCCC1CN. The summed E-state index contributed by atoms with van der Waals surface area (Å²) in [5, 5.41) is 2.12. The molecule has 3 rings (SSSR count). The second-order valence-corrected chi connectivity index (χ2v) is 7.61. The molecule has 0 aliphatic heterocycles.